The maximum absolute atomic E-state index is 14.7. The van der Waals surface area contributed by atoms with Crippen LogP contribution in [0.15, 0.2) is 78.9 Å². The minimum atomic E-state index is -0.879. The van der Waals surface area contributed by atoms with Crippen molar-refractivity contribution >= 4 is 35.2 Å². The Hall–Kier alpha value is -3.56. The van der Waals surface area contributed by atoms with Crippen LogP contribution in [0.5, 0.6) is 5.75 Å². The number of unbranched alkanes of at least 4 members (excludes halogenated alkanes) is 3. The van der Waals surface area contributed by atoms with Crippen molar-refractivity contribution in [1.29, 1.82) is 0 Å². The van der Waals surface area contributed by atoms with E-state index in [0.717, 1.165) is 30.5 Å². The van der Waals surface area contributed by atoms with Crippen LogP contribution < -0.4 is 9.64 Å². The van der Waals surface area contributed by atoms with E-state index in [1.807, 2.05) is 65.6 Å². The molecule has 0 radical (unpaired) electrons. The average molecular weight is 616 g/mol. The first-order chi connectivity index (χ1) is 21.3. The molecule has 2 aromatic carbocycles. The highest BCUT2D eigenvalue weighted by molar-refractivity contribution is 8.02. The number of thioether (sulfide) groups is 1. The summed E-state index contributed by atoms with van der Waals surface area (Å²) in [4.78, 5) is 49.2. The zero-order valence-corrected chi connectivity index (χ0v) is 26.2. The van der Waals surface area contributed by atoms with Crippen molar-refractivity contribution in [3.8, 4) is 5.75 Å². The minimum Gasteiger partial charge on any atom is -0.497 e. The largest absolute Gasteiger partial charge is 0.497 e. The van der Waals surface area contributed by atoms with Gasteiger partial charge >= 0.3 is 0 Å². The highest BCUT2D eigenvalue weighted by atomic mass is 32.2. The normalized spacial score (nSPS) is 29.4. The molecule has 1 spiro atoms. The molecule has 0 aromatic heterocycles. The number of nitrogens with zero attached hydrogens (tertiary/aromatic N) is 3. The molecule has 1 unspecified atom stereocenters. The molecule has 0 saturated carbocycles. The zero-order chi connectivity index (χ0) is 30.9. The number of anilines is 1. The number of amides is 3. The Morgan fingerprint density at radius 1 is 0.864 bits per heavy atom. The SMILES string of the molecule is COc1ccc(N2CC=C[C@]34S[C@@]5(C)C=CCN(Cc6ccccc6)C(=O)[C@H]5[C@H]3C(=O)N(CCCCCCO)C4C2=O)cc1. The monoisotopic (exact) mass is 615 g/mol. The van der Waals surface area contributed by atoms with E-state index in [2.05, 4.69) is 25.2 Å². The highest BCUT2D eigenvalue weighted by Crippen LogP contribution is 2.65. The number of ether oxygens (including phenoxy) is 1. The number of rotatable bonds is 10. The lowest BCUT2D eigenvalue weighted by Gasteiger charge is -2.37. The van der Waals surface area contributed by atoms with Gasteiger partial charge in [0.05, 0.1) is 23.7 Å². The van der Waals surface area contributed by atoms with E-state index in [0.29, 0.717) is 38.3 Å². The maximum Gasteiger partial charge on any atom is 0.251 e. The van der Waals surface area contributed by atoms with Gasteiger partial charge in [-0.05, 0) is 49.6 Å². The molecule has 2 fully saturated rings. The molecule has 2 aromatic rings. The van der Waals surface area contributed by atoms with Crippen LogP contribution in [-0.4, -0.2) is 81.5 Å². The van der Waals surface area contributed by atoms with Crippen LogP contribution in [0.4, 0.5) is 5.69 Å². The molecule has 1 N–H and O–H groups in total. The Morgan fingerprint density at radius 2 is 1.59 bits per heavy atom. The number of aliphatic hydroxyl groups excluding tert-OH is 1. The fourth-order valence-electron chi connectivity index (χ4n) is 7.50. The molecule has 4 heterocycles. The summed E-state index contributed by atoms with van der Waals surface area (Å²) < 4.78 is 3.81. The molecule has 4 aliphatic rings. The quantitative estimate of drug-likeness (QED) is 0.314. The summed E-state index contributed by atoms with van der Waals surface area (Å²) in [5.41, 5.74) is 1.78. The van der Waals surface area contributed by atoms with Crippen LogP contribution in [-0.2, 0) is 20.9 Å². The lowest BCUT2D eigenvalue weighted by atomic mass is 9.74. The molecule has 2 saturated heterocycles. The predicted molar refractivity (Wildman–Crippen MR) is 172 cm³/mol. The lowest BCUT2D eigenvalue weighted by molar-refractivity contribution is -0.144. The third-order valence-electron chi connectivity index (χ3n) is 9.55. The number of fused-ring (bicyclic) bond motifs is 2. The van der Waals surface area contributed by atoms with E-state index in [1.54, 1.807) is 28.7 Å². The fraction of sp³-hybridized carbons (Fsp3) is 0.457. The number of likely N-dealkylation sites (tertiary alicyclic amines) is 1. The van der Waals surface area contributed by atoms with Crippen molar-refractivity contribution in [1.82, 2.24) is 9.80 Å². The molecule has 5 atom stereocenters. The average Bonchev–Trinajstić information content (AvgIpc) is 3.30. The first kappa shape index (κ1) is 30.5. The summed E-state index contributed by atoms with van der Waals surface area (Å²) in [5.74, 6) is -0.843. The number of methoxy groups -OCH3 is 1. The Morgan fingerprint density at radius 3 is 2.32 bits per heavy atom. The van der Waals surface area contributed by atoms with Crippen LogP contribution in [0, 0.1) is 11.8 Å². The van der Waals surface area contributed by atoms with Gasteiger partial charge in [-0.15, -0.1) is 11.8 Å². The van der Waals surface area contributed by atoms with Crippen molar-refractivity contribution in [2.45, 2.75) is 54.7 Å². The molecule has 9 heteroatoms. The van der Waals surface area contributed by atoms with Gasteiger partial charge in [0, 0.05) is 43.2 Å². The van der Waals surface area contributed by atoms with E-state index in [4.69, 9.17) is 4.74 Å². The van der Waals surface area contributed by atoms with Gasteiger partial charge < -0.3 is 24.5 Å². The van der Waals surface area contributed by atoms with E-state index >= 15 is 0 Å². The molecule has 3 amide bonds. The molecular formula is C35H41N3O5S. The van der Waals surface area contributed by atoms with Crippen molar-refractivity contribution in [2.75, 3.05) is 38.3 Å². The van der Waals surface area contributed by atoms with E-state index in [1.165, 1.54) is 0 Å². The number of hydrogen-bond donors (Lipinski definition) is 1. The van der Waals surface area contributed by atoms with Gasteiger partial charge in [-0.1, -0.05) is 67.5 Å². The van der Waals surface area contributed by atoms with E-state index in [-0.39, 0.29) is 24.3 Å². The number of carbonyl (C=O) groups is 3. The third kappa shape index (κ3) is 5.24. The van der Waals surface area contributed by atoms with E-state index < -0.39 is 27.4 Å². The van der Waals surface area contributed by atoms with Crippen LogP contribution in [0.25, 0.3) is 0 Å². The fourth-order valence-corrected chi connectivity index (χ4v) is 9.66. The summed E-state index contributed by atoms with van der Waals surface area (Å²) in [6, 6.07) is 16.6. The molecule has 8 nitrogen and oxygen atoms in total. The number of aliphatic hydroxyl groups is 1. The van der Waals surface area contributed by atoms with Crippen LogP contribution in [0.2, 0.25) is 0 Å². The van der Waals surface area contributed by atoms with Gasteiger partial charge in [0.25, 0.3) is 5.91 Å². The van der Waals surface area contributed by atoms with Gasteiger partial charge in [-0.25, -0.2) is 0 Å². The summed E-state index contributed by atoms with van der Waals surface area (Å²) >= 11 is 1.62. The van der Waals surface area contributed by atoms with Crippen LogP contribution >= 0.6 is 11.8 Å². The third-order valence-corrected chi connectivity index (χ3v) is 11.3. The van der Waals surface area contributed by atoms with Crippen molar-refractivity contribution in [3.05, 3.63) is 84.5 Å². The highest BCUT2D eigenvalue weighted by Gasteiger charge is 2.73. The second-order valence-electron chi connectivity index (χ2n) is 12.3. The summed E-state index contributed by atoms with van der Waals surface area (Å²) in [5, 5.41) is 9.24. The Kier molecular flexibility index (Phi) is 8.61. The lowest BCUT2D eigenvalue weighted by Crippen LogP contribution is -2.53. The molecule has 0 bridgehead atoms. The summed E-state index contributed by atoms with van der Waals surface area (Å²) in [7, 11) is 1.61. The topological polar surface area (TPSA) is 90.4 Å². The molecule has 4 aliphatic heterocycles. The molecular weight excluding hydrogens is 574 g/mol. The minimum absolute atomic E-state index is 0.0373. The number of benzene rings is 2. The number of hydrogen-bond acceptors (Lipinski definition) is 6. The Balaban J connectivity index is 1.38. The van der Waals surface area contributed by atoms with Gasteiger partial charge in [-0.3, -0.25) is 14.4 Å². The number of carbonyl (C=O) groups excluding carboxylic acids is 3. The molecule has 0 aliphatic carbocycles. The van der Waals surface area contributed by atoms with Crippen molar-refractivity contribution in [3.63, 3.8) is 0 Å². The smallest absolute Gasteiger partial charge is 0.251 e. The second kappa shape index (κ2) is 12.4. The van der Waals surface area contributed by atoms with Crippen LogP contribution in [0.1, 0.15) is 38.2 Å². The molecule has 232 valence electrons. The van der Waals surface area contributed by atoms with Gasteiger partial charge in [0.15, 0.2) is 0 Å². The zero-order valence-electron chi connectivity index (χ0n) is 25.4. The summed E-state index contributed by atoms with van der Waals surface area (Å²) in [6.45, 7) is 3.96. The summed E-state index contributed by atoms with van der Waals surface area (Å²) in [6.07, 6.45) is 11.4. The predicted octanol–water partition coefficient (Wildman–Crippen LogP) is 4.44. The molecule has 6 rings (SSSR count). The Bertz CT molecular complexity index is 1450. The van der Waals surface area contributed by atoms with Crippen LogP contribution in [0.3, 0.4) is 0 Å². The maximum atomic E-state index is 14.7. The van der Waals surface area contributed by atoms with Gasteiger partial charge in [-0.2, -0.15) is 0 Å². The second-order valence-corrected chi connectivity index (χ2v) is 14.1. The van der Waals surface area contributed by atoms with Gasteiger partial charge in [0.1, 0.15) is 11.8 Å². The van der Waals surface area contributed by atoms with Crippen molar-refractivity contribution < 1.29 is 24.2 Å². The Labute approximate surface area is 263 Å². The van der Waals surface area contributed by atoms with E-state index in [9.17, 15) is 19.5 Å². The van der Waals surface area contributed by atoms with Crippen molar-refractivity contribution in [2.24, 2.45) is 11.8 Å². The first-order valence-electron chi connectivity index (χ1n) is 15.6. The molecule has 44 heavy (non-hydrogen) atoms. The van der Waals surface area contributed by atoms with Gasteiger partial charge in [0.2, 0.25) is 11.8 Å². The standard InChI is InChI=1S/C35H41N3O5S/c1-34-18-10-20-36(24-25-12-6-5-7-13-25)31(40)28(34)29-32(41)38(21-8-3-4-9-23-39)30-33(42)37(22-11-19-35(29,30)44-34)26-14-16-27(43-2)17-15-26/h5-7,10-19,28-30,39H,3-4,8-9,20-24H2,1-2H3/t28-,29+,30?,34+,35+/m1/s1. The first-order valence-corrected chi connectivity index (χ1v) is 16.4.